The molecule has 0 saturated heterocycles. The number of furan rings is 1. The highest BCUT2D eigenvalue weighted by molar-refractivity contribution is 8.00. The highest BCUT2D eigenvalue weighted by Crippen LogP contribution is 2.39. The number of hydrogen-bond donors (Lipinski definition) is 1. The number of amides is 1. The van der Waals surface area contributed by atoms with Gasteiger partial charge in [0.25, 0.3) is 0 Å². The van der Waals surface area contributed by atoms with Crippen LogP contribution in [0.5, 0.6) is 11.5 Å². The van der Waals surface area contributed by atoms with Crippen LogP contribution in [0.15, 0.2) is 46.0 Å². The van der Waals surface area contributed by atoms with Crippen LogP contribution < -0.4 is 14.8 Å². The summed E-state index contributed by atoms with van der Waals surface area (Å²) >= 11 is 2.87. The Morgan fingerprint density at radius 2 is 2.13 bits per heavy atom. The van der Waals surface area contributed by atoms with Gasteiger partial charge in [-0.2, -0.15) is 0 Å². The number of carbonyl (C=O) groups is 1. The summed E-state index contributed by atoms with van der Waals surface area (Å²) < 4.78 is 17.0. The molecule has 0 aliphatic carbocycles. The SMILES string of the molecule is Cc1nc2c(SCC(=O)NCc3ccco3)nnc(-c3ccc4c(c3)OCO4)c2s1. The molecule has 0 fully saturated rings. The van der Waals surface area contributed by atoms with Crippen molar-refractivity contribution in [2.75, 3.05) is 12.5 Å². The van der Waals surface area contributed by atoms with E-state index in [0.29, 0.717) is 23.1 Å². The Hall–Kier alpha value is -3.11. The monoisotopic (exact) mass is 440 g/mol. The minimum Gasteiger partial charge on any atom is -0.467 e. The molecule has 1 N–H and O–H groups in total. The topological polar surface area (TPSA) is 99.4 Å². The molecule has 0 spiro atoms. The van der Waals surface area contributed by atoms with Gasteiger partial charge in [-0.15, -0.1) is 21.5 Å². The van der Waals surface area contributed by atoms with Gasteiger partial charge in [0, 0.05) is 5.56 Å². The average Bonchev–Trinajstić information content (AvgIpc) is 3.49. The zero-order chi connectivity index (χ0) is 20.5. The molecule has 1 aliphatic heterocycles. The van der Waals surface area contributed by atoms with Gasteiger partial charge < -0.3 is 19.2 Å². The molecule has 1 amide bonds. The fraction of sp³-hybridized carbons (Fsp3) is 0.200. The van der Waals surface area contributed by atoms with Crippen LogP contribution in [0.1, 0.15) is 10.8 Å². The Kier molecular flexibility index (Phi) is 5.01. The molecule has 30 heavy (non-hydrogen) atoms. The van der Waals surface area contributed by atoms with Crippen LogP contribution in [-0.2, 0) is 11.3 Å². The van der Waals surface area contributed by atoms with Gasteiger partial charge in [-0.25, -0.2) is 4.98 Å². The number of thiazole rings is 1. The van der Waals surface area contributed by atoms with Crippen molar-refractivity contribution in [2.24, 2.45) is 0 Å². The summed E-state index contributed by atoms with van der Waals surface area (Å²) in [5, 5.41) is 13.2. The molecule has 0 bridgehead atoms. The van der Waals surface area contributed by atoms with Crippen LogP contribution in [0.4, 0.5) is 0 Å². The molecule has 3 aromatic heterocycles. The number of hydrogen-bond acceptors (Lipinski definition) is 9. The molecule has 1 aliphatic rings. The molecule has 152 valence electrons. The molecule has 4 aromatic rings. The number of ether oxygens (including phenoxy) is 2. The van der Waals surface area contributed by atoms with Crippen LogP contribution in [0.25, 0.3) is 21.5 Å². The molecule has 8 nitrogen and oxygen atoms in total. The third-order valence-corrected chi connectivity index (χ3v) is 6.35. The largest absolute Gasteiger partial charge is 0.467 e. The van der Waals surface area contributed by atoms with Crippen molar-refractivity contribution >= 4 is 39.2 Å². The number of aromatic nitrogens is 3. The lowest BCUT2D eigenvalue weighted by Crippen LogP contribution is -2.24. The summed E-state index contributed by atoms with van der Waals surface area (Å²) in [6, 6.07) is 9.30. The summed E-state index contributed by atoms with van der Waals surface area (Å²) in [6.45, 7) is 2.52. The van der Waals surface area contributed by atoms with E-state index in [1.54, 1.807) is 23.7 Å². The van der Waals surface area contributed by atoms with E-state index in [0.717, 1.165) is 32.2 Å². The van der Waals surface area contributed by atoms with E-state index in [2.05, 4.69) is 20.5 Å². The van der Waals surface area contributed by atoms with Gasteiger partial charge in [0.2, 0.25) is 12.7 Å². The molecule has 4 heterocycles. The molecular formula is C20H16N4O4S2. The third kappa shape index (κ3) is 3.71. The smallest absolute Gasteiger partial charge is 0.231 e. The number of fused-ring (bicyclic) bond motifs is 2. The molecular weight excluding hydrogens is 424 g/mol. The van der Waals surface area contributed by atoms with Gasteiger partial charge in [0.15, 0.2) is 11.5 Å². The fourth-order valence-electron chi connectivity index (χ4n) is 3.03. The maximum absolute atomic E-state index is 12.2. The van der Waals surface area contributed by atoms with Crippen molar-refractivity contribution in [3.05, 3.63) is 47.4 Å². The predicted molar refractivity (Wildman–Crippen MR) is 113 cm³/mol. The lowest BCUT2D eigenvalue weighted by molar-refractivity contribution is -0.118. The van der Waals surface area contributed by atoms with Crippen molar-refractivity contribution in [2.45, 2.75) is 18.5 Å². The van der Waals surface area contributed by atoms with Gasteiger partial charge in [-0.3, -0.25) is 4.79 Å². The number of nitrogens with zero attached hydrogens (tertiary/aromatic N) is 3. The summed E-state index contributed by atoms with van der Waals surface area (Å²) in [5.74, 6) is 2.22. The Balaban J connectivity index is 1.37. The quantitative estimate of drug-likeness (QED) is 0.452. The summed E-state index contributed by atoms with van der Waals surface area (Å²) in [5.41, 5.74) is 2.37. The van der Waals surface area contributed by atoms with Gasteiger partial charge in [0.05, 0.1) is 28.3 Å². The number of aryl methyl sites for hydroxylation is 1. The Morgan fingerprint density at radius 1 is 1.23 bits per heavy atom. The molecule has 0 atom stereocenters. The molecule has 1 aromatic carbocycles. The van der Waals surface area contributed by atoms with E-state index in [-0.39, 0.29) is 18.5 Å². The second kappa shape index (κ2) is 7.96. The maximum atomic E-state index is 12.2. The van der Waals surface area contributed by atoms with Crippen LogP contribution in [0.2, 0.25) is 0 Å². The highest BCUT2D eigenvalue weighted by Gasteiger charge is 2.20. The summed E-state index contributed by atoms with van der Waals surface area (Å²) in [4.78, 5) is 16.8. The van der Waals surface area contributed by atoms with E-state index in [4.69, 9.17) is 13.9 Å². The van der Waals surface area contributed by atoms with E-state index in [9.17, 15) is 4.79 Å². The summed E-state index contributed by atoms with van der Waals surface area (Å²) in [7, 11) is 0. The molecule has 5 rings (SSSR count). The number of rotatable bonds is 6. The van der Waals surface area contributed by atoms with Crippen LogP contribution in [0.3, 0.4) is 0 Å². The minimum atomic E-state index is -0.113. The number of benzene rings is 1. The van der Waals surface area contributed by atoms with Gasteiger partial charge in [0.1, 0.15) is 22.0 Å². The standard InChI is InChI=1S/C20H16N4O4S2/c1-11-22-18-19(30-11)17(12-4-5-14-15(7-12)28-10-27-14)23-24-20(18)29-9-16(25)21-8-13-3-2-6-26-13/h2-7H,8-10H2,1H3,(H,21,25). The Morgan fingerprint density at radius 3 is 3.00 bits per heavy atom. The minimum absolute atomic E-state index is 0.113. The first-order chi connectivity index (χ1) is 14.7. The first-order valence-corrected chi connectivity index (χ1v) is 10.9. The Bertz CT molecular complexity index is 1220. The first-order valence-electron chi connectivity index (χ1n) is 9.13. The number of thioether (sulfide) groups is 1. The predicted octanol–water partition coefficient (Wildman–Crippen LogP) is 3.79. The van der Waals surface area contributed by atoms with E-state index in [1.165, 1.54) is 11.8 Å². The lowest BCUT2D eigenvalue weighted by atomic mass is 10.1. The van der Waals surface area contributed by atoms with Crippen LogP contribution in [-0.4, -0.2) is 33.6 Å². The maximum Gasteiger partial charge on any atom is 0.231 e. The van der Waals surface area contributed by atoms with Crippen molar-refractivity contribution in [3.8, 4) is 22.8 Å². The third-order valence-electron chi connectivity index (χ3n) is 4.42. The fourth-order valence-corrected chi connectivity index (χ4v) is 4.78. The highest BCUT2D eigenvalue weighted by atomic mass is 32.2. The van der Waals surface area contributed by atoms with Gasteiger partial charge in [-0.05, 0) is 37.3 Å². The Labute approximate surface area is 179 Å². The van der Waals surface area contributed by atoms with E-state index in [1.807, 2.05) is 31.2 Å². The van der Waals surface area contributed by atoms with Gasteiger partial charge in [-0.1, -0.05) is 11.8 Å². The van der Waals surface area contributed by atoms with Gasteiger partial charge >= 0.3 is 0 Å². The summed E-state index contributed by atoms with van der Waals surface area (Å²) in [6.07, 6.45) is 1.58. The number of carbonyl (C=O) groups excluding carboxylic acids is 1. The zero-order valence-corrected chi connectivity index (χ0v) is 17.5. The average molecular weight is 441 g/mol. The second-order valence-electron chi connectivity index (χ2n) is 6.48. The number of nitrogens with one attached hydrogen (secondary N) is 1. The molecule has 10 heteroatoms. The van der Waals surface area contributed by atoms with Crippen LogP contribution in [0, 0.1) is 6.92 Å². The van der Waals surface area contributed by atoms with E-state index < -0.39 is 0 Å². The second-order valence-corrected chi connectivity index (χ2v) is 8.64. The van der Waals surface area contributed by atoms with Crippen molar-refractivity contribution in [3.63, 3.8) is 0 Å². The first kappa shape index (κ1) is 18.9. The lowest BCUT2D eigenvalue weighted by Gasteiger charge is -2.06. The normalized spacial score (nSPS) is 12.4. The van der Waals surface area contributed by atoms with Crippen molar-refractivity contribution in [1.29, 1.82) is 0 Å². The zero-order valence-electron chi connectivity index (χ0n) is 15.9. The van der Waals surface area contributed by atoms with E-state index >= 15 is 0 Å². The van der Waals surface area contributed by atoms with Crippen LogP contribution >= 0.6 is 23.1 Å². The van der Waals surface area contributed by atoms with Crippen molar-refractivity contribution in [1.82, 2.24) is 20.5 Å². The molecule has 0 saturated carbocycles. The molecule has 0 unspecified atom stereocenters. The molecule has 0 radical (unpaired) electrons. The van der Waals surface area contributed by atoms with Crippen molar-refractivity contribution < 1.29 is 18.7 Å².